The van der Waals surface area contributed by atoms with E-state index in [4.69, 9.17) is 9.47 Å². The van der Waals surface area contributed by atoms with Crippen LogP contribution in [0.15, 0.2) is 66.9 Å². The number of carbonyl (C=O) groups excluding carboxylic acids is 10. The van der Waals surface area contributed by atoms with Gasteiger partial charge in [-0.1, -0.05) is 64.1 Å². The molecule has 2 aromatic heterocycles. The van der Waals surface area contributed by atoms with Crippen molar-refractivity contribution in [1.82, 2.24) is 55.8 Å². The number of para-hydroxylation sites is 3. The summed E-state index contributed by atoms with van der Waals surface area (Å²) in [6.45, 7) is 7.75. The molecule has 2 fully saturated rings. The largest absolute Gasteiger partial charge is 0.461 e. The molecule has 0 radical (unpaired) electrons. The standard InChI is InChI=1S/C52H65N11O12S2/c1-26(2)39-50(72)74-24-37(59-43(65)35-22-53-32-18-14-15-19-33(32)57-35)45(67)55-29(6)47(69)63(10)41-49(71)62(9)40(27(3)4)51(73)75-23-36(58-42(64)34-21-20-30-16-12-13-17-31(30)56-34)44(66)54-28(5)46(68)60(7)38(48(70)61(39)8)25-77-52(41)76-11/h12-22,26-29,36-41,52H,23-25H2,1-11H3,(H,54,66)(H,55,67)(H,58,64)(H,59,65). The van der Waals surface area contributed by atoms with Gasteiger partial charge in [-0.25, -0.2) is 19.6 Å². The number of hydrogen-bond donors (Lipinski definition) is 4. The van der Waals surface area contributed by atoms with Gasteiger partial charge in [0.15, 0.2) is 0 Å². The number of cyclic esters (lactones) is 2. The zero-order valence-corrected chi connectivity index (χ0v) is 46.3. The van der Waals surface area contributed by atoms with E-state index < -0.39 is 137 Å². The third kappa shape index (κ3) is 13.6. The lowest BCUT2D eigenvalue weighted by atomic mass is 10.0. The van der Waals surface area contributed by atoms with Gasteiger partial charge in [-0.05, 0) is 56.2 Å². The minimum absolute atomic E-state index is 0.0705. The Bertz CT molecular complexity index is 2930. The number of benzene rings is 2. The van der Waals surface area contributed by atoms with Gasteiger partial charge < -0.3 is 50.3 Å². The highest BCUT2D eigenvalue weighted by atomic mass is 32.2. The van der Waals surface area contributed by atoms with Gasteiger partial charge in [0.2, 0.25) is 35.4 Å². The number of carbonyl (C=O) groups is 10. The van der Waals surface area contributed by atoms with Crippen molar-refractivity contribution < 1.29 is 57.4 Å². The van der Waals surface area contributed by atoms with Crippen LogP contribution in [0, 0.1) is 11.8 Å². The van der Waals surface area contributed by atoms with Crippen LogP contribution in [0.3, 0.4) is 0 Å². The van der Waals surface area contributed by atoms with E-state index in [1.165, 1.54) is 54.3 Å². The molecule has 2 aliphatic heterocycles. The number of pyridine rings is 1. The second-order valence-electron chi connectivity index (χ2n) is 19.5. The van der Waals surface area contributed by atoms with Gasteiger partial charge in [-0.2, -0.15) is 0 Å². The van der Waals surface area contributed by atoms with Crippen LogP contribution in [0.1, 0.15) is 62.5 Å². The van der Waals surface area contributed by atoms with Crippen molar-refractivity contribution in [3.63, 3.8) is 0 Å². The van der Waals surface area contributed by atoms with E-state index in [0.717, 1.165) is 48.5 Å². The van der Waals surface area contributed by atoms with Crippen LogP contribution in [0.25, 0.3) is 21.9 Å². The van der Waals surface area contributed by atoms with Crippen molar-refractivity contribution in [2.24, 2.45) is 11.8 Å². The lowest BCUT2D eigenvalue weighted by Crippen LogP contribution is -2.60. The third-order valence-electron chi connectivity index (χ3n) is 13.3. The molecule has 4 aromatic rings. The Morgan fingerprint density at radius 1 is 0.623 bits per heavy atom. The molecule has 23 nitrogen and oxygen atoms in total. The van der Waals surface area contributed by atoms with Crippen LogP contribution in [0.4, 0.5) is 0 Å². The molecule has 6 rings (SSSR count). The molecule has 0 aliphatic carbocycles. The van der Waals surface area contributed by atoms with Crippen LogP contribution < -0.4 is 21.3 Å². The summed E-state index contributed by atoms with van der Waals surface area (Å²) in [6.07, 6.45) is 2.87. The molecule has 77 heavy (non-hydrogen) atoms. The Kier molecular flexibility index (Phi) is 19.6. The van der Waals surface area contributed by atoms with Gasteiger partial charge in [0.25, 0.3) is 11.8 Å². The molecule has 412 valence electrons. The second kappa shape index (κ2) is 25.6. The predicted molar refractivity (Wildman–Crippen MR) is 287 cm³/mol. The van der Waals surface area contributed by atoms with Gasteiger partial charge in [-0.15, -0.1) is 23.5 Å². The van der Waals surface area contributed by atoms with E-state index in [-0.39, 0.29) is 17.1 Å². The molecule has 9 atom stereocenters. The second-order valence-corrected chi connectivity index (χ2v) is 21.9. The van der Waals surface area contributed by atoms with Crippen LogP contribution in [0.5, 0.6) is 0 Å². The lowest BCUT2D eigenvalue weighted by molar-refractivity contribution is -0.160. The molecule has 25 heteroatoms. The minimum atomic E-state index is -1.66. The Morgan fingerprint density at radius 2 is 1.10 bits per heavy atom. The number of nitrogens with one attached hydrogen (secondary N) is 4. The van der Waals surface area contributed by atoms with Crippen molar-refractivity contribution in [3.8, 4) is 0 Å². The van der Waals surface area contributed by atoms with Crippen molar-refractivity contribution in [3.05, 3.63) is 78.2 Å². The van der Waals surface area contributed by atoms with Gasteiger partial charge in [0, 0.05) is 39.3 Å². The van der Waals surface area contributed by atoms with E-state index in [0.29, 0.717) is 16.6 Å². The van der Waals surface area contributed by atoms with Crippen molar-refractivity contribution in [2.45, 2.75) is 94.5 Å². The maximum Gasteiger partial charge on any atom is 0.329 e. The summed E-state index contributed by atoms with van der Waals surface area (Å²) in [5, 5.41) is 11.0. The zero-order chi connectivity index (χ0) is 56.6. The molecular weight excluding hydrogens is 1030 g/mol. The van der Waals surface area contributed by atoms with E-state index in [1.807, 2.05) is 0 Å². The summed E-state index contributed by atoms with van der Waals surface area (Å²) in [6, 6.07) is 5.27. The van der Waals surface area contributed by atoms with Crippen molar-refractivity contribution in [2.75, 3.05) is 53.4 Å². The minimum Gasteiger partial charge on any atom is -0.461 e. The Labute approximate surface area is 454 Å². The average Bonchev–Trinajstić information content (AvgIpc) is 3.40. The van der Waals surface area contributed by atoms with Crippen molar-refractivity contribution in [1.29, 1.82) is 0 Å². The smallest absolute Gasteiger partial charge is 0.329 e. The highest BCUT2D eigenvalue weighted by molar-refractivity contribution is 8.16. The molecule has 0 spiro atoms. The fourth-order valence-electron chi connectivity index (χ4n) is 9.00. The number of thioether (sulfide) groups is 2. The molecule has 4 N–H and O–H groups in total. The number of nitrogens with zero attached hydrogens (tertiary/aromatic N) is 7. The van der Waals surface area contributed by atoms with Gasteiger partial charge >= 0.3 is 11.9 Å². The molecule has 2 aliphatic rings. The molecule has 2 bridgehead atoms. The summed E-state index contributed by atoms with van der Waals surface area (Å²) < 4.78 is 10.5. The number of hydrogen-bond acceptors (Lipinski definition) is 17. The van der Waals surface area contributed by atoms with E-state index >= 15 is 9.59 Å². The quantitative estimate of drug-likeness (QED) is 0.189. The third-order valence-corrected chi connectivity index (χ3v) is 16.1. The first-order valence-electron chi connectivity index (χ1n) is 24.8. The Morgan fingerprint density at radius 3 is 1.65 bits per heavy atom. The summed E-state index contributed by atoms with van der Waals surface area (Å²) in [4.78, 5) is 162. The summed E-state index contributed by atoms with van der Waals surface area (Å²) in [7, 11) is 5.35. The zero-order valence-electron chi connectivity index (χ0n) is 44.7. The fourth-order valence-corrected chi connectivity index (χ4v) is 11.6. The molecule has 4 heterocycles. The highest BCUT2D eigenvalue weighted by Gasteiger charge is 2.45. The monoisotopic (exact) mass is 1100 g/mol. The lowest BCUT2D eigenvalue weighted by Gasteiger charge is -2.40. The van der Waals surface area contributed by atoms with Gasteiger partial charge in [-0.3, -0.25) is 43.3 Å². The first kappa shape index (κ1) is 58.8. The number of rotatable bonds is 7. The highest BCUT2D eigenvalue weighted by Crippen LogP contribution is 2.32. The molecule has 0 saturated carbocycles. The first-order chi connectivity index (χ1) is 36.4. The van der Waals surface area contributed by atoms with E-state index in [9.17, 15) is 38.4 Å². The topological polar surface area (TPSA) is 289 Å². The van der Waals surface area contributed by atoms with Crippen molar-refractivity contribution >= 4 is 105 Å². The number of fused-ring (bicyclic) bond motifs is 6. The van der Waals surface area contributed by atoms with E-state index in [1.54, 1.807) is 88.5 Å². The predicted octanol–water partition coefficient (Wildman–Crippen LogP) is 1.24. The summed E-state index contributed by atoms with van der Waals surface area (Å²) >= 11 is 2.17. The maximum absolute atomic E-state index is 15.2. The summed E-state index contributed by atoms with van der Waals surface area (Å²) in [5.74, 6) is -10.2. The number of likely N-dealkylation sites (N-methyl/N-ethyl adjacent to an activating group) is 4. The first-order valence-corrected chi connectivity index (χ1v) is 27.1. The van der Waals surface area contributed by atoms with E-state index in [2.05, 4.69) is 36.2 Å². The molecule has 9 unspecified atom stereocenters. The van der Waals surface area contributed by atoms with Crippen LogP contribution in [0.2, 0.25) is 0 Å². The number of ether oxygens (including phenoxy) is 2. The van der Waals surface area contributed by atoms with Gasteiger partial charge in [0.1, 0.15) is 72.9 Å². The summed E-state index contributed by atoms with van der Waals surface area (Å²) in [5.41, 5.74) is 1.12. The van der Waals surface area contributed by atoms with Crippen LogP contribution >= 0.6 is 23.5 Å². The number of aromatic nitrogens is 3. The fraction of sp³-hybridized carbons (Fsp3) is 0.481. The molecular formula is C52H65N11O12S2. The maximum atomic E-state index is 15.2. The normalized spacial score (nSPS) is 25.4. The average molecular weight is 1100 g/mol. The number of amides is 8. The Hall–Kier alpha value is -7.41. The molecule has 8 amide bonds. The number of esters is 2. The Balaban J connectivity index is 1.43. The molecule has 2 aromatic carbocycles. The van der Waals surface area contributed by atoms with Crippen LogP contribution in [-0.2, 0) is 47.8 Å². The van der Waals surface area contributed by atoms with Crippen LogP contribution in [-0.4, -0.2) is 200 Å². The molecule has 2 saturated heterocycles. The SMILES string of the molecule is CSC1SCC2C(=O)N(C)C(C(C)C)C(=O)OCC(NC(=O)c3cnc4ccccc4n3)C(=O)NC(C)C(=O)N(C)C1C(=O)N(C)C(C(C)C)C(=O)OCC(NC(=O)c1ccc3ccccc3n1)C(=O)NC(C)C(=O)N2C. The van der Waals surface area contributed by atoms with Gasteiger partial charge in [0.05, 0.1) is 27.3 Å².